The summed E-state index contributed by atoms with van der Waals surface area (Å²) in [5.74, 6) is -0.177. The molecule has 2 N–H and O–H groups in total. The molecular formula is C17H14FN5O. The molecule has 4 rings (SSSR count). The molecule has 0 amide bonds. The molecule has 3 heterocycles. The quantitative estimate of drug-likeness (QED) is 0.586. The zero-order valence-corrected chi connectivity index (χ0v) is 12.6. The Labute approximate surface area is 136 Å². The summed E-state index contributed by atoms with van der Waals surface area (Å²) in [6.45, 7) is 0.636. The van der Waals surface area contributed by atoms with Crippen molar-refractivity contribution in [3.63, 3.8) is 0 Å². The highest BCUT2D eigenvalue weighted by atomic mass is 19.1. The minimum Gasteiger partial charge on any atom is -0.434 e. The molecule has 0 unspecified atom stereocenters. The van der Waals surface area contributed by atoms with Gasteiger partial charge < -0.3 is 15.0 Å². The molecule has 0 aliphatic rings. The van der Waals surface area contributed by atoms with Gasteiger partial charge in [0.1, 0.15) is 11.8 Å². The van der Waals surface area contributed by atoms with Gasteiger partial charge in [-0.25, -0.2) is 8.91 Å². The lowest BCUT2D eigenvalue weighted by Crippen LogP contribution is -2.01. The first-order valence-electron chi connectivity index (χ1n) is 7.35. The van der Waals surface area contributed by atoms with Gasteiger partial charge >= 0.3 is 0 Å². The summed E-state index contributed by atoms with van der Waals surface area (Å²) in [7, 11) is 0. The molecule has 3 aromatic heterocycles. The molecule has 0 atom stereocenters. The fraction of sp³-hybridized carbons (Fsp3) is 0.0588. The van der Waals surface area contributed by atoms with E-state index in [2.05, 4.69) is 10.1 Å². The van der Waals surface area contributed by atoms with Crippen molar-refractivity contribution in [1.29, 1.82) is 0 Å². The molecule has 0 spiro atoms. The third kappa shape index (κ3) is 2.56. The van der Waals surface area contributed by atoms with E-state index in [0.29, 0.717) is 23.6 Å². The molecule has 0 aliphatic carbocycles. The second-order valence-electron chi connectivity index (χ2n) is 5.35. The lowest BCUT2D eigenvalue weighted by Gasteiger charge is -2.09. The van der Waals surface area contributed by atoms with E-state index < -0.39 is 5.82 Å². The Bertz CT molecular complexity index is 994. The SMILES string of the molecule is Nc1ccc(Oc2ncnn3ccc(Cn4cccc4)c23)c(F)c1. The highest BCUT2D eigenvalue weighted by Gasteiger charge is 2.14. The van der Waals surface area contributed by atoms with Gasteiger partial charge in [-0.1, -0.05) is 0 Å². The minimum atomic E-state index is -0.537. The number of aromatic nitrogens is 4. The van der Waals surface area contributed by atoms with Crippen molar-refractivity contribution in [2.24, 2.45) is 0 Å². The molecule has 0 radical (unpaired) electrons. The highest BCUT2D eigenvalue weighted by molar-refractivity contribution is 5.63. The first-order chi connectivity index (χ1) is 11.7. The molecular weight excluding hydrogens is 309 g/mol. The summed E-state index contributed by atoms with van der Waals surface area (Å²) in [5.41, 5.74) is 7.57. The topological polar surface area (TPSA) is 70.4 Å². The maximum absolute atomic E-state index is 14.0. The maximum atomic E-state index is 14.0. The van der Waals surface area contributed by atoms with Crippen molar-refractivity contribution in [2.75, 3.05) is 5.73 Å². The van der Waals surface area contributed by atoms with E-state index in [9.17, 15) is 4.39 Å². The average molecular weight is 323 g/mol. The van der Waals surface area contributed by atoms with Crippen LogP contribution in [0.25, 0.3) is 5.52 Å². The van der Waals surface area contributed by atoms with Crippen molar-refractivity contribution >= 4 is 11.2 Å². The van der Waals surface area contributed by atoms with Crippen molar-refractivity contribution in [3.8, 4) is 11.6 Å². The summed E-state index contributed by atoms with van der Waals surface area (Å²) in [6.07, 6.45) is 7.12. The fourth-order valence-corrected chi connectivity index (χ4v) is 2.57. The molecule has 120 valence electrons. The Hall–Kier alpha value is -3.35. The van der Waals surface area contributed by atoms with Crippen LogP contribution in [0.5, 0.6) is 11.6 Å². The Kier molecular flexibility index (Phi) is 3.38. The molecule has 0 aliphatic heterocycles. The number of nitrogen functional groups attached to an aromatic ring is 1. The lowest BCUT2D eigenvalue weighted by molar-refractivity contribution is 0.428. The van der Waals surface area contributed by atoms with Gasteiger partial charge in [0.2, 0.25) is 5.88 Å². The van der Waals surface area contributed by atoms with E-state index in [-0.39, 0.29) is 5.75 Å². The highest BCUT2D eigenvalue weighted by Crippen LogP contribution is 2.29. The maximum Gasteiger partial charge on any atom is 0.247 e. The first-order valence-corrected chi connectivity index (χ1v) is 7.35. The number of nitrogens with two attached hydrogens (primary N) is 1. The number of nitrogens with zero attached hydrogens (tertiary/aromatic N) is 4. The van der Waals surface area contributed by atoms with Crippen LogP contribution in [0.3, 0.4) is 0 Å². The van der Waals surface area contributed by atoms with Gasteiger partial charge in [0, 0.05) is 42.5 Å². The third-order valence-electron chi connectivity index (χ3n) is 3.69. The van der Waals surface area contributed by atoms with E-state index in [1.54, 1.807) is 10.6 Å². The van der Waals surface area contributed by atoms with Crippen LogP contribution in [0.2, 0.25) is 0 Å². The van der Waals surface area contributed by atoms with Crippen molar-refractivity contribution in [3.05, 3.63) is 72.7 Å². The normalized spacial score (nSPS) is 11.0. The minimum absolute atomic E-state index is 0.0675. The molecule has 0 saturated carbocycles. The number of hydrogen-bond acceptors (Lipinski definition) is 4. The summed E-state index contributed by atoms with van der Waals surface area (Å²) >= 11 is 0. The fourth-order valence-electron chi connectivity index (χ4n) is 2.57. The molecule has 0 fully saturated rings. The molecule has 24 heavy (non-hydrogen) atoms. The number of rotatable bonds is 4. The number of hydrogen-bond donors (Lipinski definition) is 1. The zero-order valence-electron chi connectivity index (χ0n) is 12.6. The van der Waals surface area contributed by atoms with E-state index in [0.717, 1.165) is 5.56 Å². The predicted octanol–water partition coefficient (Wildman–Crippen LogP) is 3.09. The summed E-state index contributed by atoms with van der Waals surface area (Å²) in [6, 6.07) is 10.1. The van der Waals surface area contributed by atoms with E-state index in [1.165, 1.54) is 18.5 Å². The predicted molar refractivity (Wildman–Crippen MR) is 87.4 cm³/mol. The summed E-state index contributed by atoms with van der Waals surface area (Å²) in [4.78, 5) is 4.17. The first kappa shape index (κ1) is 14.3. The second kappa shape index (κ2) is 5.69. The van der Waals surface area contributed by atoms with Gasteiger partial charge in [-0.05, 0) is 30.3 Å². The van der Waals surface area contributed by atoms with Gasteiger partial charge in [0.25, 0.3) is 0 Å². The smallest absolute Gasteiger partial charge is 0.247 e. The Balaban J connectivity index is 1.76. The van der Waals surface area contributed by atoms with Gasteiger partial charge in [-0.3, -0.25) is 0 Å². The number of benzene rings is 1. The van der Waals surface area contributed by atoms with Crippen molar-refractivity contribution in [2.45, 2.75) is 6.54 Å². The standard InChI is InChI=1S/C17H14FN5O/c18-14-9-13(19)3-4-15(14)24-17-16-12(10-22-6-1-2-7-22)5-8-23(16)21-11-20-17/h1-9,11H,10,19H2. The molecule has 4 aromatic rings. The van der Waals surface area contributed by atoms with Crippen molar-refractivity contribution < 1.29 is 9.13 Å². The Morgan fingerprint density at radius 3 is 2.75 bits per heavy atom. The average Bonchev–Trinajstić information content (AvgIpc) is 3.21. The third-order valence-corrected chi connectivity index (χ3v) is 3.69. The van der Waals surface area contributed by atoms with Crippen LogP contribution in [-0.2, 0) is 6.54 Å². The van der Waals surface area contributed by atoms with Crippen LogP contribution < -0.4 is 10.5 Å². The lowest BCUT2D eigenvalue weighted by atomic mass is 10.2. The monoisotopic (exact) mass is 323 g/mol. The zero-order chi connectivity index (χ0) is 16.5. The molecule has 0 saturated heterocycles. The molecule has 6 nitrogen and oxygen atoms in total. The number of halogens is 1. The van der Waals surface area contributed by atoms with Crippen LogP contribution in [0.1, 0.15) is 5.56 Å². The Morgan fingerprint density at radius 1 is 1.12 bits per heavy atom. The second-order valence-corrected chi connectivity index (χ2v) is 5.35. The van der Waals surface area contributed by atoms with E-state index >= 15 is 0 Å². The molecule has 0 bridgehead atoms. The molecule has 7 heteroatoms. The van der Waals surface area contributed by atoms with E-state index in [4.69, 9.17) is 10.5 Å². The summed E-state index contributed by atoms with van der Waals surface area (Å²) < 4.78 is 23.4. The molecule has 1 aromatic carbocycles. The number of ether oxygens (including phenoxy) is 1. The van der Waals surface area contributed by atoms with Gasteiger partial charge in [0.05, 0.1) is 0 Å². The van der Waals surface area contributed by atoms with E-state index in [1.807, 2.05) is 41.4 Å². The Morgan fingerprint density at radius 2 is 1.96 bits per heavy atom. The van der Waals surface area contributed by atoms with Gasteiger partial charge in [-0.2, -0.15) is 10.1 Å². The van der Waals surface area contributed by atoms with Crippen molar-refractivity contribution in [1.82, 2.24) is 19.2 Å². The largest absolute Gasteiger partial charge is 0.434 e. The van der Waals surface area contributed by atoms with Crippen LogP contribution in [0.4, 0.5) is 10.1 Å². The van der Waals surface area contributed by atoms with Gasteiger partial charge in [0.15, 0.2) is 11.6 Å². The van der Waals surface area contributed by atoms with Crippen LogP contribution in [-0.4, -0.2) is 19.2 Å². The van der Waals surface area contributed by atoms with Crippen LogP contribution >= 0.6 is 0 Å². The van der Waals surface area contributed by atoms with Crippen LogP contribution in [0, 0.1) is 5.82 Å². The number of anilines is 1. The van der Waals surface area contributed by atoms with Crippen LogP contribution in [0.15, 0.2) is 61.3 Å². The number of fused-ring (bicyclic) bond motifs is 1. The summed E-state index contributed by atoms with van der Waals surface area (Å²) in [5, 5.41) is 4.17. The van der Waals surface area contributed by atoms with Gasteiger partial charge in [-0.15, -0.1) is 0 Å².